The molecule has 0 spiro atoms. The lowest BCUT2D eigenvalue weighted by molar-refractivity contribution is 0.0731. The highest BCUT2D eigenvalue weighted by Gasteiger charge is 2.40. The summed E-state index contributed by atoms with van der Waals surface area (Å²) in [5.41, 5.74) is -0.397. The van der Waals surface area contributed by atoms with E-state index in [1.54, 1.807) is 4.90 Å². The van der Waals surface area contributed by atoms with Crippen molar-refractivity contribution in [1.29, 1.82) is 0 Å². The van der Waals surface area contributed by atoms with Crippen molar-refractivity contribution in [2.75, 3.05) is 19.6 Å². The van der Waals surface area contributed by atoms with Gasteiger partial charge in [-0.05, 0) is 24.5 Å². The van der Waals surface area contributed by atoms with Crippen LogP contribution >= 0.6 is 0 Å². The van der Waals surface area contributed by atoms with Gasteiger partial charge in [0, 0.05) is 25.7 Å². The number of carbonyl (C=O) groups excluding carboxylic acids is 1. The van der Waals surface area contributed by atoms with Gasteiger partial charge in [-0.3, -0.25) is 4.79 Å². The molecule has 0 radical (unpaired) electrons. The van der Waals surface area contributed by atoms with Gasteiger partial charge in [-0.25, -0.2) is 13.2 Å². The number of carbonyl (C=O) groups is 1. The number of hydrogen-bond acceptors (Lipinski definition) is 2. The summed E-state index contributed by atoms with van der Waals surface area (Å²) in [6.45, 7) is 2.05. The van der Waals surface area contributed by atoms with Crippen molar-refractivity contribution in [1.82, 2.24) is 10.2 Å². The SMILES string of the molecule is O=C(c1ccc(F)c(F)c1F)N1CC[C@H]2CNC[C@H]21. The number of likely N-dealkylation sites (tertiary alicyclic amines) is 1. The second-order valence-electron chi connectivity index (χ2n) is 5.00. The first-order valence-electron chi connectivity index (χ1n) is 6.24. The van der Waals surface area contributed by atoms with Crippen molar-refractivity contribution in [3.63, 3.8) is 0 Å². The van der Waals surface area contributed by atoms with Crippen molar-refractivity contribution < 1.29 is 18.0 Å². The minimum Gasteiger partial charge on any atom is -0.334 e. The lowest BCUT2D eigenvalue weighted by Gasteiger charge is -2.23. The van der Waals surface area contributed by atoms with E-state index in [1.165, 1.54) is 0 Å². The maximum absolute atomic E-state index is 13.6. The number of benzene rings is 1. The summed E-state index contributed by atoms with van der Waals surface area (Å²) in [5.74, 6) is -4.47. The molecular formula is C13H13F3N2O. The third-order valence-corrected chi connectivity index (χ3v) is 3.97. The molecule has 2 aliphatic rings. The highest BCUT2D eigenvalue weighted by atomic mass is 19.2. The van der Waals surface area contributed by atoms with Gasteiger partial charge in [-0.2, -0.15) is 0 Å². The summed E-state index contributed by atoms with van der Waals surface area (Å²) in [6, 6.07) is 1.82. The first kappa shape index (κ1) is 12.5. The van der Waals surface area contributed by atoms with E-state index in [-0.39, 0.29) is 6.04 Å². The zero-order valence-electron chi connectivity index (χ0n) is 10.1. The van der Waals surface area contributed by atoms with Crippen LogP contribution in [0.5, 0.6) is 0 Å². The average molecular weight is 270 g/mol. The molecule has 1 amide bonds. The largest absolute Gasteiger partial charge is 0.334 e. The molecule has 0 saturated carbocycles. The van der Waals surface area contributed by atoms with E-state index in [0.717, 1.165) is 25.1 Å². The van der Waals surface area contributed by atoms with Gasteiger partial charge in [-0.1, -0.05) is 0 Å². The van der Waals surface area contributed by atoms with Crippen LogP contribution in [0.4, 0.5) is 13.2 Å². The molecule has 1 aromatic carbocycles. The average Bonchev–Trinajstić information content (AvgIpc) is 2.97. The normalized spacial score (nSPS) is 25.7. The van der Waals surface area contributed by atoms with Gasteiger partial charge in [0.15, 0.2) is 17.5 Å². The standard InChI is InChI=1S/C13H13F3N2O/c14-9-2-1-8(11(15)12(9)16)13(19)18-4-3-7-5-17-6-10(7)18/h1-2,7,10,17H,3-6H2/t7-,10+/m0/s1. The van der Waals surface area contributed by atoms with Gasteiger partial charge in [0.05, 0.1) is 5.56 Å². The summed E-state index contributed by atoms with van der Waals surface area (Å²) >= 11 is 0. The number of nitrogens with one attached hydrogen (secondary N) is 1. The van der Waals surface area contributed by atoms with Crippen LogP contribution in [0, 0.1) is 23.4 Å². The molecule has 2 heterocycles. The number of amides is 1. The first-order valence-corrected chi connectivity index (χ1v) is 6.24. The number of hydrogen-bond donors (Lipinski definition) is 1. The molecule has 3 rings (SSSR count). The van der Waals surface area contributed by atoms with Crippen LogP contribution in [0.25, 0.3) is 0 Å². The highest BCUT2D eigenvalue weighted by molar-refractivity contribution is 5.95. The molecule has 0 unspecified atom stereocenters. The topological polar surface area (TPSA) is 32.3 Å². The van der Waals surface area contributed by atoms with Gasteiger partial charge >= 0.3 is 0 Å². The zero-order chi connectivity index (χ0) is 13.6. The highest BCUT2D eigenvalue weighted by Crippen LogP contribution is 2.29. The van der Waals surface area contributed by atoms with Gasteiger partial charge < -0.3 is 10.2 Å². The van der Waals surface area contributed by atoms with Crippen molar-refractivity contribution in [3.8, 4) is 0 Å². The summed E-state index contributed by atoms with van der Waals surface area (Å²) in [4.78, 5) is 13.8. The van der Waals surface area contributed by atoms with Gasteiger partial charge in [0.1, 0.15) is 0 Å². The minimum absolute atomic E-state index is 0.0278. The number of rotatable bonds is 1. The van der Waals surface area contributed by atoms with Crippen LogP contribution in [0.1, 0.15) is 16.8 Å². The molecule has 1 aromatic rings. The van der Waals surface area contributed by atoms with Crippen LogP contribution < -0.4 is 5.32 Å². The summed E-state index contributed by atoms with van der Waals surface area (Å²) in [6.07, 6.45) is 0.856. The molecule has 0 aromatic heterocycles. The molecule has 102 valence electrons. The summed E-state index contributed by atoms with van der Waals surface area (Å²) < 4.78 is 39.7. The Labute approximate surface area is 108 Å². The summed E-state index contributed by atoms with van der Waals surface area (Å²) in [5, 5.41) is 3.17. The van der Waals surface area contributed by atoms with E-state index in [1.807, 2.05) is 0 Å². The number of halogens is 3. The molecule has 2 aliphatic heterocycles. The quantitative estimate of drug-likeness (QED) is 0.785. The Morgan fingerprint density at radius 1 is 1.21 bits per heavy atom. The minimum atomic E-state index is -1.59. The number of nitrogens with zero attached hydrogens (tertiary/aromatic N) is 1. The van der Waals surface area contributed by atoms with E-state index < -0.39 is 28.9 Å². The molecular weight excluding hydrogens is 257 g/mol. The molecule has 3 nitrogen and oxygen atoms in total. The van der Waals surface area contributed by atoms with Crippen LogP contribution in [0.2, 0.25) is 0 Å². The second-order valence-corrected chi connectivity index (χ2v) is 5.00. The fourth-order valence-electron chi connectivity index (χ4n) is 2.95. The van der Waals surface area contributed by atoms with Crippen molar-refractivity contribution in [2.24, 2.45) is 5.92 Å². The van der Waals surface area contributed by atoms with E-state index >= 15 is 0 Å². The first-order chi connectivity index (χ1) is 9.09. The van der Waals surface area contributed by atoms with Gasteiger partial charge in [-0.15, -0.1) is 0 Å². The van der Waals surface area contributed by atoms with E-state index in [9.17, 15) is 18.0 Å². The van der Waals surface area contributed by atoms with Crippen molar-refractivity contribution in [2.45, 2.75) is 12.5 Å². The van der Waals surface area contributed by atoms with Crippen LogP contribution in [0.3, 0.4) is 0 Å². The lowest BCUT2D eigenvalue weighted by atomic mass is 10.0. The monoisotopic (exact) mass is 270 g/mol. The Morgan fingerprint density at radius 2 is 2.00 bits per heavy atom. The van der Waals surface area contributed by atoms with Crippen molar-refractivity contribution >= 4 is 5.91 Å². The van der Waals surface area contributed by atoms with Crippen LogP contribution in [0.15, 0.2) is 12.1 Å². The van der Waals surface area contributed by atoms with Crippen LogP contribution in [-0.2, 0) is 0 Å². The Balaban J connectivity index is 1.90. The molecule has 2 atom stereocenters. The smallest absolute Gasteiger partial charge is 0.257 e. The van der Waals surface area contributed by atoms with Crippen molar-refractivity contribution in [3.05, 3.63) is 35.1 Å². The third-order valence-electron chi connectivity index (χ3n) is 3.97. The van der Waals surface area contributed by atoms with E-state index in [0.29, 0.717) is 19.0 Å². The molecule has 1 N–H and O–H groups in total. The predicted molar refractivity (Wildman–Crippen MR) is 62.1 cm³/mol. The maximum atomic E-state index is 13.6. The summed E-state index contributed by atoms with van der Waals surface area (Å²) in [7, 11) is 0. The van der Waals surface area contributed by atoms with Gasteiger partial charge in [0.2, 0.25) is 0 Å². The van der Waals surface area contributed by atoms with Crippen LogP contribution in [-0.4, -0.2) is 36.5 Å². The Hall–Kier alpha value is -1.56. The molecule has 0 aliphatic carbocycles. The fraction of sp³-hybridized carbons (Fsp3) is 0.462. The molecule has 0 bridgehead atoms. The third kappa shape index (κ3) is 1.90. The zero-order valence-corrected chi connectivity index (χ0v) is 10.1. The second kappa shape index (κ2) is 4.52. The Morgan fingerprint density at radius 3 is 2.79 bits per heavy atom. The maximum Gasteiger partial charge on any atom is 0.257 e. The molecule has 2 fully saturated rings. The van der Waals surface area contributed by atoms with E-state index in [4.69, 9.17) is 0 Å². The predicted octanol–water partition coefficient (Wildman–Crippen LogP) is 1.54. The Kier molecular flexibility index (Phi) is 2.97. The molecule has 19 heavy (non-hydrogen) atoms. The lowest BCUT2D eigenvalue weighted by Crippen LogP contribution is -2.39. The van der Waals surface area contributed by atoms with Gasteiger partial charge in [0.25, 0.3) is 5.91 Å². The fourth-order valence-corrected chi connectivity index (χ4v) is 2.95. The molecule has 2 saturated heterocycles. The Bertz CT molecular complexity index is 535. The molecule has 6 heteroatoms. The van der Waals surface area contributed by atoms with E-state index in [2.05, 4.69) is 5.32 Å². The number of fused-ring (bicyclic) bond motifs is 1.